The molecule has 2 fully saturated rings. The molecule has 0 bridgehead atoms. The standard InChI is InChI=1S/C16H23BrN2/c1-18-11-13-10-14(17)6-7-16(13)19-9-8-12-4-2-3-5-15(12)19/h6-7,10,12,15,18H,2-5,8-9,11H2,1H3. The molecule has 1 heterocycles. The Hall–Kier alpha value is -0.540. The Bertz CT molecular complexity index is 446. The summed E-state index contributed by atoms with van der Waals surface area (Å²) < 4.78 is 1.18. The van der Waals surface area contributed by atoms with E-state index in [9.17, 15) is 0 Å². The maximum Gasteiger partial charge on any atom is 0.0415 e. The molecule has 2 unspecified atom stereocenters. The largest absolute Gasteiger partial charge is 0.368 e. The fourth-order valence-corrected chi connectivity index (χ4v) is 4.28. The summed E-state index contributed by atoms with van der Waals surface area (Å²) in [4.78, 5) is 2.68. The molecule has 19 heavy (non-hydrogen) atoms. The van der Waals surface area contributed by atoms with Gasteiger partial charge in [0.15, 0.2) is 0 Å². The monoisotopic (exact) mass is 322 g/mol. The Kier molecular flexibility index (Phi) is 4.13. The minimum atomic E-state index is 0.797. The van der Waals surface area contributed by atoms with Gasteiger partial charge in [0.05, 0.1) is 0 Å². The summed E-state index contributed by atoms with van der Waals surface area (Å²) in [6.45, 7) is 2.19. The van der Waals surface area contributed by atoms with Gasteiger partial charge in [-0.15, -0.1) is 0 Å². The third-order valence-electron chi connectivity index (χ3n) is 4.73. The van der Waals surface area contributed by atoms with Gasteiger partial charge >= 0.3 is 0 Å². The third-order valence-corrected chi connectivity index (χ3v) is 5.22. The smallest absolute Gasteiger partial charge is 0.0415 e. The van der Waals surface area contributed by atoms with Gasteiger partial charge in [-0.2, -0.15) is 0 Å². The van der Waals surface area contributed by atoms with Crippen LogP contribution in [0.1, 0.15) is 37.7 Å². The van der Waals surface area contributed by atoms with Crippen LogP contribution in [0.3, 0.4) is 0 Å². The molecule has 2 atom stereocenters. The van der Waals surface area contributed by atoms with Gasteiger partial charge in [0.2, 0.25) is 0 Å². The Morgan fingerprint density at radius 2 is 2.11 bits per heavy atom. The summed E-state index contributed by atoms with van der Waals surface area (Å²) in [5, 5.41) is 3.30. The highest BCUT2D eigenvalue weighted by Gasteiger charge is 2.36. The summed E-state index contributed by atoms with van der Waals surface area (Å²) in [7, 11) is 2.03. The maximum absolute atomic E-state index is 3.60. The molecule has 3 heteroatoms. The molecule has 1 aromatic rings. The van der Waals surface area contributed by atoms with Crippen LogP contribution in [0.15, 0.2) is 22.7 Å². The zero-order chi connectivity index (χ0) is 13.2. The van der Waals surface area contributed by atoms with Crippen molar-refractivity contribution in [1.29, 1.82) is 0 Å². The number of halogens is 1. The molecule has 1 aliphatic carbocycles. The molecule has 0 amide bonds. The van der Waals surface area contributed by atoms with Gasteiger partial charge in [0.25, 0.3) is 0 Å². The fourth-order valence-electron chi connectivity index (χ4n) is 3.87. The first-order chi connectivity index (χ1) is 9.29. The lowest BCUT2D eigenvalue weighted by atomic mass is 9.85. The summed E-state index contributed by atoms with van der Waals surface area (Å²) in [6, 6.07) is 7.55. The van der Waals surface area contributed by atoms with Crippen LogP contribution < -0.4 is 10.2 Å². The molecule has 0 aromatic heterocycles. The second-order valence-electron chi connectivity index (χ2n) is 5.90. The van der Waals surface area contributed by atoms with Crippen LogP contribution in [0.5, 0.6) is 0 Å². The molecule has 1 N–H and O–H groups in total. The average molecular weight is 323 g/mol. The lowest BCUT2D eigenvalue weighted by Gasteiger charge is -2.34. The Morgan fingerprint density at radius 3 is 2.95 bits per heavy atom. The van der Waals surface area contributed by atoms with Crippen LogP contribution >= 0.6 is 15.9 Å². The third kappa shape index (κ3) is 2.68. The van der Waals surface area contributed by atoms with Gasteiger partial charge in [0.1, 0.15) is 0 Å². The first kappa shape index (κ1) is 13.4. The van der Waals surface area contributed by atoms with E-state index in [1.54, 1.807) is 0 Å². The van der Waals surface area contributed by atoms with Crippen molar-refractivity contribution in [2.24, 2.45) is 5.92 Å². The number of benzene rings is 1. The Balaban J connectivity index is 1.89. The van der Waals surface area contributed by atoms with E-state index < -0.39 is 0 Å². The van der Waals surface area contributed by atoms with E-state index in [1.165, 1.54) is 54.4 Å². The summed E-state index contributed by atoms with van der Waals surface area (Å²) >= 11 is 3.60. The lowest BCUT2D eigenvalue weighted by molar-refractivity contribution is 0.342. The topological polar surface area (TPSA) is 15.3 Å². The van der Waals surface area contributed by atoms with E-state index in [2.05, 4.69) is 44.3 Å². The van der Waals surface area contributed by atoms with Crippen LogP contribution in [0.2, 0.25) is 0 Å². The molecule has 1 saturated carbocycles. The Labute approximate surface area is 124 Å². The highest BCUT2D eigenvalue weighted by molar-refractivity contribution is 9.10. The van der Waals surface area contributed by atoms with Crippen molar-refractivity contribution >= 4 is 21.6 Å². The molecule has 1 aliphatic heterocycles. The van der Waals surface area contributed by atoms with Crippen molar-refractivity contribution in [2.45, 2.75) is 44.7 Å². The number of anilines is 1. The highest BCUT2D eigenvalue weighted by Crippen LogP contribution is 2.40. The molecular formula is C16H23BrN2. The normalized spacial score (nSPS) is 26.5. The van der Waals surface area contributed by atoms with Crippen molar-refractivity contribution in [2.75, 3.05) is 18.5 Å². The van der Waals surface area contributed by atoms with E-state index in [4.69, 9.17) is 0 Å². The summed E-state index contributed by atoms with van der Waals surface area (Å²) in [5.74, 6) is 0.944. The van der Waals surface area contributed by atoms with Gasteiger partial charge in [-0.1, -0.05) is 28.8 Å². The maximum atomic E-state index is 3.60. The van der Waals surface area contributed by atoms with Gasteiger partial charge in [-0.05, 0) is 56.0 Å². The second-order valence-corrected chi connectivity index (χ2v) is 6.81. The molecule has 3 rings (SSSR count). The van der Waals surface area contributed by atoms with Gasteiger partial charge in [0, 0.05) is 29.3 Å². The van der Waals surface area contributed by atoms with Crippen LogP contribution in [0.25, 0.3) is 0 Å². The highest BCUT2D eigenvalue weighted by atomic mass is 79.9. The van der Waals surface area contributed by atoms with Crippen molar-refractivity contribution in [3.63, 3.8) is 0 Å². The number of rotatable bonds is 3. The number of hydrogen-bond donors (Lipinski definition) is 1. The molecule has 0 spiro atoms. The predicted octanol–water partition coefficient (Wildman–Crippen LogP) is 3.94. The summed E-state index contributed by atoms with van der Waals surface area (Å²) in [6.07, 6.45) is 7.08. The van der Waals surface area contributed by atoms with E-state index in [0.29, 0.717) is 0 Å². The minimum absolute atomic E-state index is 0.797. The average Bonchev–Trinajstić information content (AvgIpc) is 2.83. The van der Waals surface area contributed by atoms with Crippen LogP contribution in [-0.2, 0) is 6.54 Å². The van der Waals surface area contributed by atoms with Crippen molar-refractivity contribution < 1.29 is 0 Å². The number of hydrogen-bond acceptors (Lipinski definition) is 2. The lowest BCUT2D eigenvalue weighted by Crippen LogP contribution is -2.35. The van der Waals surface area contributed by atoms with Crippen LogP contribution in [-0.4, -0.2) is 19.6 Å². The molecule has 1 saturated heterocycles. The van der Waals surface area contributed by atoms with Crippen molar-refractivity contribution in [3.05, 3.63) is 28.2 Å². The van der Waals surface area contributed by atoms with Crippen LogP contribution in [0.4, 0.5) is 5.69 Å². The second kappa shape index (κ2) is 5.84. The number of nitrogens with zero attached hydrogens (tertiary/aromatic N) is 1. The van der Waals surface area contributed by atoms with E-state index in [-0.39, 0.29) is 0 Å². The number of nitrogens with one attached hydrogen (secondary N) is 1. The quantitative estimate of drug-likeness (QED) is 0.906. The first-order valence-corrected chi connectivity index (χ1v) is 8.28. The Morgan fingerprint density at radius 1 is 1.26 bits per heavy atom. The molecule has 2 aliphatic rings. The first-order valence-electron chi connectivity index (χ1n) is 7.49. The number of fused-ring (bicyclic) bond motifs is 1. The SMILES string of the molecule is CNCc1cc(Br)ccc1N1CCC2CCCCC21. The molecule has 0 radical (unpaired) electrons. The molecular weight excluding hydrogens is 300 g/mol. The van der Waals surface area contributed by atoms with E-state index in [0.717, 1.165) is 18.5 Å². The molecule has 1 aromatic carbocycles. The zero-order valence-electron chi connectivity index (χ0n) is 11.7. The molecule has 2 nitrogen and oxygen atoms in total. The van der Waals surface area contributed by atoms with E-state index >= 15 is 0 Å². The molecule has 104 valence electrons. The van der Waals surface area contributed by atoms with Crippen LogP contribution in [0, 0.1) is 5.92 Å². The zero-order valence-corrected chi connectivity index (χ0v) is 13.2. The van der Waals surface area contributed by atoms with Crippen molar-refractivity contribution in [3.8, 4) is 0 Å². The van der Waals surface area contributed by atoms with Gasteiger partial charge < -0.3 is 10.2 Å². The summed E-state index contributed by atoms with van der Waals surface area (Å²) in [5.41, 5.74) is 2.87. The van der Waals surface area contributed by atoms with Crippen molar-refractivity contribution in [1.82, 2.24) is 5.32 Å². The minimum Gasteiger partial charge on any atom is -0.368 e. The van der Waals surface area contributed by atoms with E-state index in [1.807, 2.05) is 7.05 Å². The van der Waals surface area contributed by atoms with Gasteiger partial charge in [-0.25, -0.2) is 0 Å². The predicted molar refractivity (Wildman–Crippen MR) is 84.6 cm³/mol. The fraction of sp³-hybridized carbons (Fsp3) is 0.625. The van der Waals surface area contributed by atoms with Gasteiger partial charge in [-0.3, -0.25) is 0 Å².